The largest absolute Gasteiger partial charge is 0.485 e. The molecule has 0 atom stereocenters. The molecule has 30 heavy (non-hydrogen) atoms. The maximum absolute atomic E-state index is 13.7. The van der Waals surface area contributed by atoms with Crippen LogP contribution in [0.4, 0.5) is 4.39 Å². The molecule has 0 spiro atoms. The van der Waals surface area contributed by atoms with Gasteiger partial charge in [0.2, 0.25) is 0 Å². The number of hydrogen-bond donors (Lipinski definition) is 0. The predicted octanol–water partition coefficient (Wildman–Crippen LogP) is 3.86. The zero-order valence-corrected chi connectivity index (χ0v) is 15.5. The third kappa shape index (κ3) is 2.74. The van der Waals surface area contributed by atoms with Crippen molar-refractivity contribution < 1.29 is 9.13 Å². The molecule has 0 aliphatic carbocycles. The van der Waals surface area contributed by atoms with Gasteiger partial charge in [0, 0.05) is 29.1 Å². The molecular formula is C23H13FN4O2. The van der Waals surface area contributed by atoms with Gasteiger partial charge in [-0.05, 0) is 30.3 Å². The van der Waals surface area contributed by atoms with Gasteiger partial charge in [-0.1, -0.05) is 18.2 Å². The zero-order chi connectivity index (χ0) is 20.7. The Morgan fingerprint density at radius 3 is 2.67 bits per heavy atom. The quantitative estimate of drug-likeness (QED) is 0.514. The molecule has 0 N–H and O–H groups in total. The lowest BCUT2D eigenvalue weighted by atomic mass is 9.98. The number of nitrogens with zero attached hydrogens (tertiary/aromatic N) is 4. The number of ether oxygens (including phenoxy) is 1. The van der Waals surface area contributed by atoms with E-state index in [9.17, 15) is 14.4 Å². The molecular weight excluding hydrogens is 383 g/mol. The first-order chi connectivity index (χ1) is 14.7. The zero-order valence-electron chi connectivity index (χ0n) is 15.5. The fraction of sp³-hybridized carbons (Fsp3) is 0.0435. The predicted molar refractivity (Wildman–Crippen MR) is 108 cm³/mol. The van der Waals surface area contributed by atoms with Crippen molar-refractivity contribution in [1.29, 1.82) is 5.26 Å². The number of hydrogen-bond acceptors (Lipinski definition) is 5. The first kappa shape index (κ1) is 17.8. The van der Waals surface area contributed by atoms with E-state index in [2.05, 4.69) is 9.97 Å². The Bertz CT molecular complexity index is 1390. The number of pyridine rings is 3. The van der Waals surface area contributed by atoms with Gasteiger partial charge in [-0.3, -0.25) is 9.36 Å². The summed E-state index contributed by atoms with van der Waals surface area (Å²) in [5.41, 5.74) is 2.90. The standard InChI is InChI=1S/C23H13FN4O2/c24-14-9-21-22(27-12-14)18-10-17(16-7-4-8-26-19(16)11-25)23(29)28(20(18)13-30-21)15-5-2-1-3-6-15/h1-10,12H,13H2. The summed E-state index contributed by atoms with van der Waals surface area (Å²) >= 11 is 0. The summed E-state index contributed by atoms with van der Waals surface area (Å²) in [4.78, 5) is 21.9. The summed E-state index contributed by atoms with van der Waals surface area (Å²) in [6.45, 7) is 0.0794. The van der Waals surface area contributed by atoms with Crippen molar-refractivity contribution >= 4 is 0 Å². The minimum Gasteiger partial charge on any atom is -0.485 e. The molecule has 4 aromatic rings. The van der Waals surface area contributed by atoms with E-state index in [1.807, 2.05) is 36.4 Å². The molecule has 4 heterocycles. The Hall–Kier alpha value is -4.31. The van der Waals surface area contributed by atoms with E-state index in [1.54, 1.807) is 22.8 Å². The molecule has 0 amide bonds. The summed E-state index contributed by atoms with van der Waals surface area (Å²) in [6, 6.07) is 17.5. The van der Waals surface area contributed by atoms with Gasteiger partial charge >= 0.3 is 0 Å². The molecule has 0 radical (unpaired) electrons. The lowest BCUT2D eigenvalue weighted by Gasteiger charge is -2.24. The van der Waals surface area contributed by atoms with Crippen LogP contribution in [-0.4, -0.2) is 14.5 Å². The highest BCUT2D eigenvalue weighted by atomic mass is 19.1. The Balaban J connectivity index is 1.89. The normalized spacial score (nSPS) is 11.7. The van der Waals surface area contributed by atoms with Crippen LogP contribution >= 0.6 is 0 Å². The monoisotopic (exact) mass is 396 g/mol. The second kappa shape index (κ2) is 6.94. The minimum absolute atomic E-state index is 0.0794. The molecule has 0 bridgehead atoms. The van der Waals surface area contributed by atoms with Crippen LogP contribution in [-0.2, 0) is 6.61 Å². The van der Waals surface area contributed by atoms with Crippen LogP contribution in [0.3, 0.4) is 0 Å². The summed E-state index contributed by atoms with van der Waals surface area (Å²) in [5, 5.41) is 9.49. The SMILES string of the molecule is N#Cc1ncccc1-c1cc2c(n(-c3ccccc3)c1=O)COc1cc(F)cnc1-2. The molecule has 0 saturated carbocycles. The summed E-state index contributed by atoms with van der Waals surface area (Å²) < 4.78 is 20.9. The molecule has 0 unspecified atom stereocenters. The molecule has 1 aliphatic rings. The average Bonchev–Trinajstić information content (AvgIpc) is 2.79. The van der Waals surface area contributed by atoms with Gasteiger partial charge < -0.3 is 4.74 Å². The van der Waals surface area contributed by atoms with E-state index in [-0.39, 0.29) is 17.9 Å². The molecule has 7 heteroatoms. The third-order valence-corrected chi connectivity index (χ3v) is 4.96. The number of halogens is 1. The van der Waals surface area contributed by atoms with E-state index in [0.717, 1.165) is 6.20 Å². The van der Waals surface area contributed by atoms with E-state index in [0.29, 0.717) is 39.5 Å². The topological polar surface area (TPSA) is 80.8 Å². The van der Waals surface area contributed by atoms with E-state index < -0.39 is 5.82 Å². The minimum atomic E-state index is -0.507. The van der Waals surface area contributed by atoms with Crippen LogP contribution in [0.5, 0.6) is 5.75 Å². The Kier molecular flexibility index (Phi) is 4.11. The number of fused-ring (bicyclic) bond motifs is 3. The Morgan fingerprint density at radius 2 is 1.87 bits per heavy atom. The Labute approximate surface area is 170 Å². The van der Waals surface area contributed by atoms with Crippen molar-refractivity contribution in [2.45, 2.75) is 6.61 Å². The fourth-order valence-electron chi connectivity index (χ4n) is 3.63. The van der Waals surface area contributed by atoms with Crippen molar-refractivity contribution in [2.75, 3.05) is 0 Å². The van der Waals surface area contributed by atoms with Crippen LogP contribution in [0.1, 0.15) is 11.4 Å². The summed E-state index contributed by atoms with van der Waals surface area (Å²) in [6.07, 6.45) is 2.61. The number of nitriles is 1. The van der Waals surface area contributed by atoms with Crippen molar-refractivity contribution in [1.82, 2.24) is 14.5 Å². The van der Waals surface area contributed by atoms with E-state index in [1.165, 1.54) is 12.3 Å². The highest BCUT2D eigenvalue weighted by Crippen LogP contribution is 2.38. The summed E-state index contributed by atoms with van der Waals surface area (Å²) in [5.74, 6) is -0.203. The number of para-hydroxylation sites is 1. The Morgan fingerprint density at radius 1 is 1.03 bits per heavy atom. The highest BCUT2D eigenvalue weighted by molar-refractivity contribution is 5.78. The smallest absolute Gasteiger partial charge is 0.263 e. The number of aromatic nitrogens is 3. The van der Waals surface area contributed by atoms with Crippen LogP contribution < -0.4 is 10.3 Å². The first-order valence-corrected chi connectivity index (χ1v) is 9.16. The van der Waals surface area contributed by atoms with Gasteiger partial charge in [-0.25, -0.2) is 14.4 Å². The van der Waals surface area contributed by atoms with Gasteiger partial charge in [-0.2, -0.15) is 5.26 Å². The van der Waals surface area contributed by atoms with Crippen LogP contribution in [0.25, 0.3) is 28.1 Å². The second-order valence-electron chi connectivity index (χ2n) is 6.69. The third-order valence-electron chi connectivity index (χ3n) is 4.96. The first-order valence-electron chi connectivity index (χ1n) is 9.16. The molecule has 5 rings (SSSR count). The highest BCUT2D eigenvalue weighted by Gasteiger charge is 2.26. The molecule has 1 aliphatic heterocycles. The van der Waals surface area contributed by atoms with Gasteiger partial charge in [0.1, 0.15) is 35.6 Å². The van der Waals surface area contributed by atoms with Crippen molar-refractivity contribution in [3.05, 3.63) is 94.5 Å². The molecule has 144 valence electrons. The van der Waals surface area contributed by atoms with Crippen LogP contribution in [0.15, 0.2) is 71.8 Å². The molecule has 0 saturated heterocycles. The lowest BCUT2D eigenvalue weighted by Crippen LogP contribution is -2.27. The maximum Gasteiger partial charge on any atom is 0.263 e. The van der Waals surface area contributed by atoms with Crippen molar-refractivity contribution in [3.8, 4) is 39.9 Å². The number of benzene rings is 1. The van der Waals surface area contributed by atoms with Crippen molar-refractivity contribution in [3.63, 3.8) is 0 Å². The van der Waals surface area contributed by atoms with Crippen LogP contribution in [0, 0.1) is 17.1 Å². The fourth-order valence-corrected chi connectivity index (χ4v) is 3.63. The summed E-state index contributed by atoms with van der Waals surface area (Å²) in [7, 11) is 0. The molecule has 0 fully saturated rings. The van der Waals surface area contributed by atoms with Gasteiger partial charge in [-0.15, -0.1) is 0 Å². The lowest BCUT2D eigenvalue weighted by molar-refractivity contribution is 0.290. The second-order valence-corrected chi connectivity index (χ2v) is 6.69. The molecule has 1 aromatic carbocycles. The van der Waals surface area contributed by atoms with Crippen LogP contribution in [0.2, 0.25) is 0 Å². The van der Waals surface area contributed by atoms with Gasteiger partial charge in [0.25, 0.3) is 5.56 Å². The molecule has 6 nitrogen and oxygen atoms in total. The average molecular weight is 396 g/mol. The maximum atomic E-state index is 13.7. The van der Waals surface area contributed by atoms with Gasteiger partial charge in [0.05, 0.1) is 17.5 Å². The van der Waals surface area contributed by atoms with Crippen molar-refractivity contribution in [2.24, 2.45) is 0 Å². The van der Waals surface area contributed by atoms with E-state index in [4.69, 9.17) is 4.74 Å². The van der Waals surface area contributed by atoms with E-state index >= 15 is 0 Å². The molecule has 3 aromatic heterocycles. The number of rotatable bonds is 2. The van der Waals surface area contributed by atoms with Gasteiger partial charge in [0.15, 0.2) is 0 Å².